The molecule has 3 N–H and O–H groups in total. The van der Waals surface area contributed by atoms with E-state index in [1.165, 1.54) is 0 Å². The van der Waals surface area contributed by atoms with Crippen molar-refractivity contribution in [2.45, 2.75) is 44.6 Å². The molecule has 8 nitrogen and oxygen atoms in total. The molecule has 0 bridgehead atoms. The Morgan fingerprint density at radius 3 is 2.68 bits per heavy atom. The first-order valence-electron chi connectivity index (χ1n) is 11.1. The number of rotatable bonds is 5. The minimum absolute atomic E-state index is 0.0237. The molecule has 3 aromatic rings. The zero-order valence-corrected chi connectivity index (χ0v) is 17.5. The van der Waals surface area contributed by atoms with Crippen LogP contribution in [0.1, 0.15) is 38.5 Å². The summed E-state index contributed by atoms with van der Waals surface area (Å²) >= 11 is 0. The maximum atomic E-state index is 12.4. The van der Waals surface area contributed by atoms with Gasteiger partial charge in [0, 0.05) is 29.1 Å². The Morgan fingerprint density at radius 1 is 1.00 bits per heavy atom. The number of nitrogens with one attached hydrogen (secondary N) is 3. The van der Waals surface area contributed by atoms with Gasteiger partial charge in [0.2, 0.25) is 11.9 Å². The lowest BCUT2D eigenvalue weighted by molar-refractivity contribution is -0.119. The quantitative estimate of drug-likeness (QED) is 0.584. The average Bonchev–Trinajstić information content (AvgIpc) is 3.35. The second-order valence-electron chi connectivity index (χ2n) is 8.40. The van der Waals surface area contributed by atoms with E-state index in [4.69, 9.17) is 4.98 Å². The molecule has 3 heterocycles. The highest BCUT2D eigenvalue weighted by molar-refractivity contribution is 5.92. The number of hydrogen-bond donors (Lipinski definition) is 3. The highest BCUT2D eigenvalue weighted by Crippen LogP contribution is 2.26. The van der Waals surface area contributed by atoms with Gasteiger partial charge in [-0.2, -0.15) is 0 Å². The minimum atomic E-state index is 0.0237. The van der Waals surface area contributed by atoms with Gasteiger partial charge >= 0.3 is 0 Å². The summed E-state index contributed by atoms with van der Waals surface area (Å²) in [4.78, 5) is 30.4. The Balaban J connectivity index is 1.36. The van der Waals surface area contributed by atoms with Crippen molar-refractivity contribution >= 4 is 28.6 Å². The Labute approximate surface area is 181 Å². The number of benzene rings is 1. The molecule has 2 aliphatic rings. The summed E-state index contributed by atoms with van der Waals surface area (Å²) in [6.07, 6.45) is 11.6. The predicted molar refractivity (Wildman–Crippen MR) is 121 cm³/mol. The minimum Gasteiger partial charge on any atom is -0.366 e. The van der Waals surface area contributed by atoms with Crippen LogP contribution in [0, 0.1) is 5.92 Å². The Kier molecular flexibility index (Phi) is 5.71. The number of amides is 1. The first-order valence-corrected chi connectivity index (χ1v) is 11.1. The van der Waals surface area contributed by atoms with Crippen molar-refractivity contribution in [3.05, 3.63) is 36.8 Å². The highest BCUT2D eigenvalue weighted by Gasteiger charge is 2.23. The van der Waals surface area contributed by atoms with Crippen molar-refractivity contribution in [1.82, 2.24) is 25.3 Å². The molecule has 1 saturated carbocycles. The molecular weight excluding hydrogens is 390 g/mol. The molecule has 1 aliphatic heterocycles. The largest absolute Gasteiger partial charge is 0.366 e. The zero-order chi connectivity index (χ0) is 21.0. The molecule has 8 heteroatoms. The van der Waals surface area contributed by atoms with Crippen LogP contribution in [0.25, 0.3) is 22.2 Å². The van der Waals surface area contributed by atoms with Crippen molar-refractivity contribution in [2.24, 2.45) is 5.92 Å². The first kappa shape index (κ1) is 19.8. The standard InChI is InChI=1S/C23H27N7O/c31-22(15-3-1-2-4-15)30-23-26-12-17-6-5-16(11-19(17)29-23)20-13-25-14-21(28-20)27-18-7-9-24-10-8-18/h5-6,11-15,18,24H,1-4,7-10H2,(H,27,28)(H,26,29,30,31). The second kappa shape index (κ2) is 8.93. The van der Waals surface area contributed by atoms with Crippen molar-refractivity contribution in [2.75, 3.05) is 23.7 Å². The van der Waals surface area contributed by atoms with Crippen LogP contribution in [-0.4, -0.2) is 45.0 Å². The number of nitrogens with zero attached hydrogens (tertiary/aromatic N) is 4. The molecule has 2 aromatic heterocycles. The normalized spacial score (nSPS) is 17.7. The first-order chi connectivity index (χ1) is 15.2. The van der Waals surface area contributed by atoms with Gasteiger partial charge in [-0.05, 0) is 44.8 Å². The van der Waals surface area contributed by atoms with Crippen LogP contribution >= 0.6 is 0 Å². The SMILES string of the molecule is O=C(Nc1ncc2ccc(-c3cncc(NC4CCNCC4)n3)cc2n1)C1CCCC1. The molecular formula is C23H27N7O. The van der Waals surface area contributed by atoms with Crippen LogP contribution in [0.5, 0.6) is 0 Å². The fraction of sp³-hybridized carbons (Fsp3) is 0.435. The smallest absolute Gasteiger partial charge is 0.229 e. The summed E-state index contributed by atoms with van der Waals surface area (Å²) in [6, 6.07) is 6.37. The van der Waals surface area contributed by atoms with E-state index < -0.39 is 0 Å². The van der Waals surface area contributed by atoms with Gasteiger partial charge in [0.1, 0.15) is 5.82 Å². The summed E-state index contributed by atoms with van der Waals surface area (Å²) in [5.74, 6) is 1.25. The molecule has 31 heavy (non-hydrogen) atoms. The monoisotopic (exact) mass is 417 g/mol. The summed E-state index contributed by atoms with van der Waals surface area (Å²) in [6.45, 7) is 2.05. The molecule has 1 amide bonds. The van der Waals surface area contributed by atoms with Gasteiger partial charge in [-0.1, -0.05) is 25.0 Å². The predicted octanol–water partition coefficient (Wildman–Crippen LogP) is 3.38. The molecule has 1 aromatic carbocycles. The molecule has 0 atom stereocenters. The van der Waals surface area contributed by atoms with E-state index in [9.17, 15) is 4.79 Å². The van der Waals surface area contributed by atoms with Crippen molar-refractivity contribution in [1.29, 1.82) is 0 Å². The second-order valence-corrected chi connectivity index (χ2v) is 8.40. The Bertz CT molecular complexity index is 1070. The Morgan fingerprint density at radius 2 is 1.84 bits per heavy atom. The zero-order valence-electron chi connectivity index (χ0n) is 17.5. The van der Waals surface area contributed by atoms with Gasteiger partial charge in [-0.3, -0.25) is 15.1 Å². The summed E-state index contributed by atoms with van der Waals surface area (Å²) < 4.78 is 0. The molecule has 5 rings (SSSR count). The number of anilines is 2. The molecule has 0 spiro atoms. The average molecular weight is 418 g/mol. The van der Waals surface area contributed by atoms with Crippen molar-refractivity contribution in [3.63, 3.8) is 0 Å². The third-order valence-electron chi connectivity index (χ3n) is 6.17. The lowest BCUT2D eigenvalue weighted by Gasteiger charge is -2.24. The third kappa shape index (κ3) is 4.64. The van der Waals surface area contributed by atoms with Gasteiger partial charge < -0.3 is 10.6 Å². The lowest BCUT2D eigenvalue weighted by atomic mass is 10.1. The number of hydrogen-bond acceptors (Lipinski definition) is 7. The Hall–Kier alpha value is -3.13. The van der Waals surface area contributed by atoms with Crippen molar-refractivity contribution in [3.8, 4) is 11.3 Å². The number of piperidine rings is 1. The van der Waals surface area contributed by atoms with Gasteiger partial charge in [0.15, 0.2) is 0 Å². The van der Waals surface area contributed by atoms with Crippen LogP contribution in [0.15, 0.2) is 36.8 Å². The lowest BCUT2D eigenvalue weighted by Crippen LogP contribution is -2.35. The van der Waals surface area contributed by atoms with E-state index >= 15 is 0 Å². The molecule has 2 fully saturated rings. The number of carbonyl (C=O) groups is 1. The van der Waals surface area contributed by atoms with E-state index in [1.807, 2.05) is 18.2 Å². The van der Waals surface area contributed by atoms with Gasteiger partial charge in [0.05, 0.1) is 23.6 Å². The molecule has 160 valence electrons. The summed E-state index contributed by atoms with van der Waals surface area (Å²) in [5.41, 5.74) is 2.49. The molecule has 1 aliphatic carbocycles. The molecule has 1 saturated heterocycles. The van der Waals surface area contributed by atoms with E-state index in [1.54, 1.807) is 18.6 Å². The van der Waals surface area contributed by atoms with Crippen LogP contribution in [-0.2, 0) is 4.79 Å². The number of fused-ring (bicyclic) bond motifs is 1. The topological polar surface area (TPSA) is 105 Å². The van der Waals surface area contributed by atoms with Gasteiger partial charge in [-0.15, -0.1) is 0 Å². The highest BCUT2D eigenvalue weighted by atomic mass is 16.2. The van der Waals surface area contributed by atoms with Crippen LogP contribution in [0.3, 0.4) is 0 Å². The molecule has 0 radical (unpaired) electrons. The van der Waals surface area contributed by atoms with E-state index in [0.717, 1.165) is 79.6 Å². The number of carbonyl (C=O) groups excluding carboxylic acids is 1. The maximum Gasteiger partial charge on any atom is 0.229 e. The molecule has 0 unspecified atom stereocenters. The summed E-state index contributed by atoms with van der Waals surface area (Å²) in [7, 11) is 0. The van der Waals surface area contributed by atoms with Gasteiger partial charge in [0.25, 0.3) is 0 Å². The van der Waals surface area contributed by atoms with E-state index in [-0.39, 0.29) is 11.8 Å². The van der Waals surface area contributed by atoms with E-state index in [2.05, 4.69) is 30.9 Å². The van der Waals surface area contributed by atoms with E-state index in [0.29, 0.717) is 12.0 Å². The summed E-state index contributed by atoms with van der Waals surface area (Å²) in [5, 5.41) is 10.7. The van der Waals surface area contributed by atoms with Crippen LogP contribution in [0.4, 0.5) is 11.8 Å². The maximum absolute atomic E-state index is 12.4. The third-order valence-corrected chi connectivity index (χ3v) is 6.17. The van der Waals surface area contributed by atoms with Gasteiger partial charge in [-0.25, -0.2) is 15.0 Å². The van der Waals surface area contributed by atoms with Crippen molar-refractivity contribution < 1.29 is 4.79 Å². The van der Waals surface area contributed by atoms with Crippen LogP contribution < -0.4 is 16.0 Å². The van der Waals surface area contributed by atoms with Crippen LogP contribution in [0.2, 0.25) is 0 Å². The number of aromatic nitrogens is 4. The fourth-order valence-electron chi connectivity index (χ4n) is 4.39. The fourth-order valence-corrected chi connectivity index (χ4v) is 4.39.